The molecule has 0 aliphatic carbocycles. The third kappa shape index (κ3) is 7.37. The van der Waals surface area contributed by atoms with Crippen molar-refractivity contribution in [1.29, 1.82) is 0 Å². The molecule has 2 rings (SSSR count). The van der Waals surface area contributed by atoms with Gasteiger partial charge in [-0.3, -0.25) is 9.89 Å². The minimum atomic E-state index is -4.26. The summed E-state index contributed by atoms with van der Waals surface area (Å²) in [7, 11) is 0. The van der Waals surface area contributed by atoms with Gasteiger partial charge in [-0.15, -0.1) is 0 Å². The Morgan fingerprint density at radius 1 is 1.28 bits per heavy atom. The Morgan fingerprint density at radius 3 is 2.72 bits per heavy atom. The Morgan fingerprint density at radius 2 is 2.04 bits per heavy atom. The topological polar surface area (TPSA) is 49.3 Å². The molecule has 1 atom stereocenters. The van der Waals surface area contributed by atoms with E-state index in [0.717, 1.165) is 58.3 Å². The molecule has 2 fully saturated rings. The van der Waals surface area contributed by atoms with E-state index in [1.54, 1.807) is 0 Å². The Labute approximate surface area is 147 Å². The van der Waals surface area contributed by atoms with Gasteiger partial charge in [0, 0.05) is 51.9 Å². The number of halogens is 3. The van der Waals surface area contributed by atoms with Crippen molar-refractivity contribution >= 4 is 5.96 Å². The Kier molecular flexibility index (Phi) is 8.25. The summed E-state index contributed by atoms with van der Waals surface area (Å²) in [5, 5.41) is 3.28. The highest BCUT2D eigenvalue weighted by atomic mass is 19.4. The molecular formula is C16H29F3N4O2. The predicted molar refractivity (Wildman–Crippen MR) is 89.8 cm³/mol. The molecule has 0 aromatic rings. The zero-order valence-electron chi connectivity index (χ0n) is 14.9. The fourth-order valence-corrected chi connectivity index (χ4v) is 3.14. The summed E-state index contributed by atoms with van der Waals surface area (Å²) in [4.78, 5) is 9.24. The Bertz CT molecular complexity index is 415. The van der Waals surface area contributed by atoms with Crippen LogP contribution in [-0.4, -0.2) is 93.7 Å². The molecule has 0 spiro atoms. The molecule has 146 valence electrons. The number of ether oxygens (including phenoxy) is 2. The van der Waals surface area contributed by atoms with Crippen LogP contribution in [0, 0.1) is 0 Å². The lowest BCUT2D eigenvalue weighted by Gasteiger charge is -2.32. The molecule has 1 unspecified atom stereocenters. The highest BCUT2D eigenvalue weighted by Gasteiger charge is 2.30. The van der Waals surface area contributed by atoms with E-state index < -0.39 is 12.8 Å². The van der Waals surface area contributed by atoms with E-state index in [4.69, 9.17) is 4.74 Å². The Balaban J connectivity index is 1.73. The molecule has 0 saturated carbocycles. The number of aliphatic imine (C=N–C) groups is 1. The van der Waals surface area contributed by atoms with Gasteiger partial charge in [-0.05, 0) is 19.8 Å². The first-order valence-corrected chi connectivity index (χ1v) is 8.99. The second kappa shape index (κ2) is 10.2. The van der Waals surface area contributed by atoms with Gasteiger partial charge < -0.3 is 19.7 Å². The lowest BCUT2D eigenvalue weighted by atomic mass is 10.2. The molecule has 0 bridgehead atoms. The van der Waals surface area contributed by atoms with Crippen LogP contribution in [0.15, 0.2) is 4.99 Å². The minimum absolute atomic E-state index is 0.0683. The van der Waals surface area contributed by atoms with Crippen molar-refractivity contribution in [2.75, 3.05) is 65.7 Å². The van der Waals surface area contributed by atoms with Crippen LogP contribution in [0.2, 0.25) is 0 Å². The molecule has 2 heterocycles. The highest BCUT2D eigenvalue weighted by Crippen LogP contribution is 2.17. The van der Waals surface area contributed by atoms with Crippen LogP contribution < -0.4 is 5.32 Å². The SMILES string of the molecule is CCNC(=NCCCOCC(F)(F)F)N1CCC(N2CCOCC2)C1. The van der Waals surface area contributed by atoms with Gasteiger partial charge in [-0.1, -0.05) is 0 Å². The van der Waals surface area contributed by atoms with E-state index in [9.17, 15) is 13.2 Å². The molecule has 2 aliphatic heterocycles. The monoisotopic (exact) mass is 366 g/mol. The fourth-order valence-electron chi connectivity index (χ4n) is 3.14. The van der Waals surface area contributed by atoms with Gasteiger partial charge in [0.2, 0.25) is 0 Å². The summed E-state index contributed by atoms with van der Waals surface area (Å²) in [5.74, 6) is 0.842. The Hall–Kier alpha value is -1.06. The minimum Gasteiger partial charge on any atom is -0.379 e. The van der Waals surface area contributed by atoms with E-state index in [1.807, 2.05) is 6.92 Å². The van der Waals surface area contributed by atoms with Crippen molar-refractivity contribution in [3.63, 3.8) is 0 Å². The molecule has 0 aromatic heterocycles. The third-order valence-corrected chi connectivity index (χ3v) is 4.33. The summed E-state index contributed by atoms with van der Waals surface area (Å²) in [6.45, 7) is 7.52. The van der Waals surface area contributed by atoms with Crippen molar-refractivity contribution < 1.29 is 22.6 Å². The largest absolute Gasteiger partial charge is 0.411 e. The van der Waals surface area contributed by atoms with Gasteiger partial charge in [-0.25, -0.2) is 0 Å². The summed E-state index contributed by atoms with van der Waals surface area (Å²) in [6, 6.07) is 0.517. The quantitative estimate of drug-likeness (QED) is 0.419. The molecule has 9 heteroatoms. The smallest absolute Gasteiger partial charge is 0.379 e. The first-order chi connectivity index (χ1) is 12.0. The van der Waals surface area contributed by atoms with Gasteiger partial charge in [0.05, 0.1) is 13.2 Å². The maximum Gasteiger partial charge on any atom is 0.411 e. The van der Waals surface area contributed by atoms with Crippen LogP contribution in [0.25, 0.3) is 0 Å². The predicted octanol–water partition coefficient (Wildman–Crippen LogP) is 1.33. The zero-order chi connectivity index (χ0) is 18.1. The molecule has 6 nitrogen and oxygen atoms in total. The number of morpholine rings is 1. The molecule has 2 saturated heterocycles. The zero-order valence-corrected chi connectivity index (χ0v) is 14.9. The van der Waals surface area contributed by atoms with Crippen LogP contribution in [0.5, 0.6) is 0 Å². The summed E-state index contributed by atoms with van der Waals surface area (Å²) in [6.07, 6.45) is -2.69. The standard InChI is InChI=1S/C16H29F3N4O2/c1-2-20-15(21-5-3-9-25-13-16(17,18)19)23-6-4-14(12-23)22-7-10-24-11-8-22/h14H,2-13H2,1H3,(H,20,21). The number of hydrogen-bond donors (Lipinski definition) is 1. The van der Waals surface area contributed by atoms with Gasteiger partial charge in [0.25, 0.3) is 0 Å². The molecule has 1 N–H and O–H groups in total. The number of guanidine groups is 1. The molecule has 0 amide bonds. The number of hydrogen-bond acceptors (Lipinski definition) is 4. The second-order valence-electron chi connectivity index (χ2n) is 6.29. The highest BCUT2D eigenvalue weighted by molar-refractivity contribution is 5.80. The first-order valence-electron chi connectivity index (χ1n) is 8.99. The normalized spacial score (nSPS) is 23.3. The van der Waals surface area contributed by atoms with Crippen molar-refractivity contribution in [1.82, 2.24) is 15.1 Å². The van der Waals surface area contributed by atoms with Crippen LogP contribution >= 0.6 is 0 Å². The van der Waals surface area contributed by atoms with E-state index in [2.05, 4.69) is 24.8 Å². The lowest BCUT2D eigenvalue weighted by molar-refractivity contribution is -0.173. The van der Waals surface area contributed by atoms with Crippen molar-refractivity contribution in [2.24, 2.45) is 4.99 Å². The molecule has 0 aromatic carbocycles. The van der Waals surface area contributed by atoms with E-state index in [1.165, 1.54) is 0 Å². The number of nitrogens with one attached hydrogen (secondary N) is 1. The maximum absolute atomic E-state index is 12.0. The van der Waals surface area contributed by atoms with Crippen LogP contribution in [-0.2, 0) is 9.47 Å². The van der Waals surface area contributed by atoms with E-state index in [0.29, 0.717) is 19.0 Å². The van der Waals surface area contributed by atoms with Crippen LogP contribution in [0.3, 0.4) is 0 Å². The van der Waals surface area contributed by atoms with Crippen molar-refractivity contribution in [3.05, 3.63) is 0 Å². The summed E-state index contributed by atoms with van der Waals surface area (Å²) in [5.41, 5.74) is 0. The van der Waals surface area contributed by atoms with Crippen LogP contribution in [0.1, 0.15) is 19.8 Å². The fraction of sp³-hybridized carbons (Fsp3) is 0.938. The average Bonchev–Trinajstić information content (AvgIpc) is 3.07. The van der Waals surface area contributed by atoms with E-state index in [-0.39, 0.29) is 6.61 Å². The summed E-state index contributed by atoms with van der Waals surface area (Å²) >= 11 is 0. The third-order valence-electron chi connectivity index (χ3n) is 4.33. The molecule has 25 heavy (non-hydrogen) atoms. The van der Waals surface area contributed by atoms with Crippen molar-refractivity contribution in [3.8, 4) is 0 Å². The number of likely N-dealkylation sites (tertiary alicyclic amines) is 1. The average molecular weight is 366 g/mol. The number of alkyl halides is 3. The van der Waals surface area contributed by atoms with Gasteiger partial charge >= 0.3 is 6.18 Å². The maximum atomic E-state index is 12.0. The molecule has 2 aliphatic rings. The summed E-state index contributed by atoms with van der Waals surface area (Å²) < 4.78 is 46.0. The van der Waals surface area contributed by atoms with Gasteiger partial charge in [0.1, 0.15) is 6.61 Å². The van der Waals surface area contributed by atoms with E-state index >= 15 is 0 Å². The molecular weight excluding hydrogens is 337 g/mol. The molecule has 0 radical (unpaired) electrons. The first kappa shape index (κ1) is 20.3. The van der Waals surface area contributed by atoms with Crippen molar-refractivity contribution in [2.45, 2.75) is 32.0 Å². The lowest BCUT2D eigenvalue weighted by Crippen LogP contribution is -2.46. The van der Waals surface area contributed by atoms with Gasteiger partial charge in [0.15, 0.2) is 5.96 Å². The van der Waals surface area contributed by atoms with Crippen LogP contribution in [0.4, 0.5) is 13.2 Å². The van der Waals surface area contributed by atoms with Gasteiger partial charge in [-0.2, -0.15) is 13.2 Å². The number of nitrogens with zero attached hydrogens (tertiary/aromatic N) is 3. The second-order valence-corrected chi connectivity index (χ2v) is 6.29. The number of rotatable bonds is 7.